The lowest BCUT2D eigenvalue weighted by molar-refractivity contribution is -0.386. The molecule has 368 valence electrons. The van der Waals surface area contributed by atoms with Crippen molar-refractivity contribution < 1.29 is 65.8 Å². The van der Waals surface area contributed by atoms with Gasteiger partial charge in [-0.1, -0.05) is 44.3 Å². The van der Waals surface area contributed by atoms with Crippen LogP contribution in [0, 0.1) is 20.2 Å². The molecule has 0 fully saturated rings. The van der Waals surface area contributed by atoms with Crippen molar-refractivity contribution in [3.8, 4) is 0 Å². The first-order valence-corrected chi connectivity index (χ1v) is 26.3. The second kappa shape index (κ2) is 19.9. The average molecular weight is 1010 g/mol. The average Bonchev–Trinajstić information content (AvgIpc) is 3.61. The van der Waals surface area contributed by atoms with Crippen LogP contribution in [0.3, 0.4) is 0 Å². The van der Waals surface area contributed by atoms with E-state index in [-0.39, 0.29) is 56.2 Å². The van der Waals surface area contributed by atoms with Gasteiger partial charge in [-0.05, 0) is 78.3 Å². The molecule has 5 aromatic rings. The van der Waals surface area contributed by atoms with Crippen LogP contribution in [0.5, 0.6) is 0 Å². The minimum atomic E-state index is -4.38. The Morgan fingerprint density at radius 3 is 1.61 bits per heavy atom. The Bertz CT molecular complexity index is 3220. The summed E-state index contributed by atoms with van der Waals surface area (Å²) in [5, 5.41) is 35.3. The maximum atomic E-state index is 13.8. The first-order valence-electron chi connectivity index (χ1n) is 21.7. The van der Waals surface area contributed by atoms with Gasteiger partial charge in [0.15, 0.2) is 11.4 Å². The Labute approximate surface area is 405 Å². The fraction of sp³-hybridized carbons (Fsp3) is 0.234. The van der Waals surface area contributed by atoms with Gasteiger partial charge in [-0.2, -0.15) is 8.42 Å². The number of nitro groups is 2. The number of hydrogen-bond donors (Lipinski definition) is 5. The second-order valence-electron chi connectivity index (χ2n) is 16.9. The third kappa shape index (κ3) is 10.5. The molecule has 0 bridgehead atoms. The number of hydrogen-bond acceptors (Lipinski definition) is 15. The molecule has 5 N–H and O–H groups in total. The Hall–Kier alpha value is -8.35. The zero-order chi connectivity index (χ0) is 51.6. The van der Waals surface area contributed by atoms with Crippen LogP contribution >= 0.6 is 0 Å². The maximum absolute atomic E-state index is 13.8. The van der Waals surface area contributed by atoms with Gasteiger partial charge in [0.2, 0.25) is 0 Å². The molecule has 24 heteroatoms. The third-order valence-electron chi connectivity index (χ3n) is 11.9. The minimum Gasteiger partial charge on any atom is -0.444 e. The van der Waals surface area contributed by atoms with Gasteiger partial charge in [0.1, 0.15) is 21.3 Å². The summed E-state index contributed by atoms with van der Waals surface area (Å²) in [7, 11) is -7.39. The molecule has 1 unspecified atom stereocenters. The van der Waals surface area contributed by atoms with E-state index < -0.39 is 94.8 Å². The zero-order valence-electron chi connectivity index (χ0n) is 38.3. The van der Waals surface area contributed by atoms with Gasteiger partial charge in [-0.25, -0.2) is 14.4 Å². The molecule has 2 heterocycles. The SMILES string of the molecule is CCCNC(=O)c1ccc([N+](=O)[O-])c(COC(=O)Nc2ccc3c(c2)[Si](C)(C)c2cc(NC(=O)OCc4cc(C(=O)NCCS(=O)(=O)O)ccc4[N+](=O)[O-])ccc2C32OC(=O)c3cc(C(C)=O)ccc32)c1. The molecule has 71 heavy (non-hydrogen) atoms. The number of carbonyl (C=O) groups excluding carboxylic acids is 6. The summed E-state index contributed by atoms with van der Waals surface area (Å²) in [6.45, 7) is 5.87. The van der Waals surface area contributed by atoms with Crippen molar-refractivity contribution in [3.05, 3.63) is 161 Å². The summed E-state index contributed by atoms with van der Waals surface area (Å²) < 4.78 is 48.3. The molecule has 0 aromatic heterocycles. The van der Waals surface area contributed by atoms with Crippen LogP contribution in [0.1, 0.15) is 89.5 Å². The van der Waals surface area contributed by atoms with Crippen molar-refractivity contribution in [1.29, 1.82) is 0 Å². The molecule has 1 spiro atoms. The van der Waals surface area contributed by atoms with Crippen LogP contribution in [0.2, 0.25) is 13.1 Å². The molecule has 2 aliphatic rings. The first-order chi connectivity index (χ1) is 33.5. The van der Waals surface area contributed by atoms with Crippen LogP contribution in [0.4, 0.5) is 32.3 Å². The van der Waals surface area contributed by atoms with Crippen molar-refractivity contribution in [2.75, 3.05) is 29.5 Å². The number of esters is 1. The molecule has 0 radical (unpaired) electrons. The molecule has 22 nitrogen and oxygen atoms in total. The van der Waals surface area contributed by atoms with Crippen LogP contribution in [-0.4, -0.2) is 85.5 Å². The molecular formula is C47H44N6O16SSi. The van der Waals surface area contributed by atoms with Crippen LogP contribution < -0.4 is 31.6 Å². The topological polar surface area (TPSA) is 319 Å². The number of Topliss-reactive ketones (excluding diaryl/α,β-unsaturated/α-hetero) is 1. The van der Waals surface area contributed by atoms with Crippen LogP contribution in [-0.2, 0) is 43.1 Å². The van der Waals surface area contributed by atoms with Crippen molar-refractivity contribution >= 4 is 87.1 Å². The number of carbonyl (C=O) groups is 6. The van der Waals surface area contributed by atoms with E-state index in [4.69, 9.17) is 18.8 Å². The highest BCUT2D eigenvalue weighted by molar-refractivity contribution is 7.85. The lowest BCUT2D eigenvalue weighted by atomic mass is 9.78. The number of benzene rings is 5. The Morgan fingerprint density at radius 1 is 0.690 bits per heavy atom. The van der Waals surface area contributed by atoms with Gasteiger partial charge in [-0.3, -0.25) is 49.8 Å². The van der Waals surface area contributed by atoms with Gasteiger partial charge >= 0.3 is 18.2 Å². The number of anilines is 2. The number of amides is 4. The fourth-order valence-electron chi connectivity index (χ4n) is 8.44. The number of ether oxygens (including phenoxy) is 3. The standard InChI is InChI=1S/C47H44N6O16SSi/c1-5-16-48-42(55)28-7-14-38(52(60)61)30(19-28)24-67-45(58)50-32-9-12-36-40(22-32)71(3,4)41-23-33(10-13-37(41)47(36)35-11-6-27(26(2)54)21-34(35)44(57)69-47)51-46(59)68-25-31-20-29(8-15-39(31)53(62)63)43(56)49-17-18-70(64,65)66/h6-15,19-23H,5,16-18,24-25H2,1-4H3,(H,48,55)(H,49,56)(H,50,58)(H,51,59)(H,64,65,66). The Morgan fingerprint density at radius 2 is 1.15 bits per heavy atom. The van der Waals surface area contributed by atoms with E-state index in [1.807, 2.05) is 20.0 Å². The maximum Gasteiger partial charge on any atom is 0.411 e. The highest BCUT2D eigenvalue weighted by atomic mass is 32.2. The van der Waals surface area contributed by atoms with E-state index in [2.05, 4.69) is 21.3 Å². The highest BCUT2D eigenvalue weighted by Crippen LogP contribution is 2.49. The van der Waals surface area contributed by atoms with Crippen LogP contribution in [0.15, 0.2) is 91.0 Å². The summed E-state index contributed by atoms with van der Waals surface area (Å²) in [5.41, 5.74) is -0.269. The largest absolute Gasteiger partial charge is 0.444 e. The molecule has 2 aliphatic heterocycles. The smallest absolute Gasteiger partial charge is 0.411 e. The van der Waals surface area contributed by atoms with Gasteiger partial charge in [-0.15, -0.1) is 0 Å². The molecule has 1 atom stereocenters. The van der Waals surface area contributed by atoms with Crippen molar-refractivity contribution in [3.63, 3.8) is 0 Å². The molecule has 4 amide bonds. The molecule has 5 aromatic carbocycles. The molecule has 7 rings (SSSR count). The summed E-state index contributed by atoms with van der Waals surface area (Å²) in [6, 6.07) is 21.5. The van der Waals surface area contributed by atoms with Crippen molar-refractivity contribution in [1.82, 2.24) is 10.6 Å². The predicted octanol–water partition coefficient (Wildman–Crippen LogP) is 5.56. The monoisotopic (exact) mass is 1010 g/mol. The van der Waals surface area contributed by atoms with E-state index in [1.165, 1.54) is 31.2 Å². The lowest BCUT2D eigenvalue weighted by Crippen LogP contribution is -2.63. The summed E-state index contributed by atoms with van der Waals surface area (Å²) in [5.74, 6) is -3.04. The number of fused-ring (bicyclic) bond motifs is 6. The lowest BCUT2D eigenvalue weighted by Gasteiger charge is -2.44. The first kappa shape index (κ1) is 50.5. The third-order valence-corrected chi connectivity index (χ3v) is 16.1. The number of ketones is 1. The minimum absolute atomic E-state index is 0.0248. The predicted molar refractivity (Wildman–Crippen MR) is 257 cm³/mol. The summed E-state index contributed by atoms with van der Waals surface area (Å²) in [4.78, 5) is 101. The van der Waals surface area contributed by atoms with Gasteiger partial charge in [0, 0.05) is 70.0 Å². The highest BCUT2D eigenvalue weighted by Gasteiger charge is 2.56. The van der Waals surface area contributed by atoms with E-state index in [1.54, 1.807) is 42.5 Å². The van der Waals surface area contributed by atoms with E-state index in [9.17, 15) is 57.4 Å². The van der Waals surface area contributed by atoms with E-state index >= 15 is 0 Å². The number of nitro benzene ring substituents is 2. The van der Waals surface area contributed by atoms with E-state index in [0.29, 0.717) is 40.0 Å². The quantitative estimate of drug-likeness (QED) is 0.0154. The second-order valence-corrected chi connectivity index (χ2v) is 22.8. The van der Waals surface area contributed by atoms with Gasteiger partial charge < -0.3 is 24.8 Å². The molecule has 0 saturated heterocycles. The summed E-state index contributed by atoms with van der Waals surface area (Å²) in [6.07, 6.45) is -1.37. The number of nitrogens with one attached hydrogen (secondary N) is 4. The molecular weight excluding hydrogens is 965 g/mol. The van der Waals surface area contributed by atoms with E-state index in [0.717, 1.165) is 24.3 Å². The van der Waals surface area contributed by atoms with Crippen molar-refractivity contribution in [2.45, 2.75) is 52.2 Å². The normalized spacial score (nSPS) is 15.0. The Balaban J connectivity index is 1.18. The van der Waals surface area contributed by atoms with Gasteiger partial charge in [0.25, 0.3) is 33.3 Å². The summed E-state index contributed by atoms with van der Waals surface area (Å²) >= 11 is 0. The van der Waals surface area contributed by atoms with Crippen molar-refractivity contribution in [2.24, 2.45) is 0 Å². The Kier molecular flexibility index (Phi) is 14.2. The number of rotatable bonds is 16. The molecule has 0 saturated carbocycles. The van der Waals surface area contributed by atoms with Crippen LogP contribution in [0.25, 0.3) is 0 Å². The zero-order valence-corrected chi connectivity index (χ0v) is 40.1. The molecule has 0 aliphatic carbocycles. The number of nitrogens with zero attached hydrogens (tertiary/aromatic N) is 2. The van der Waals surface area contributed by atoms with Gasteiger partial charge in [0.05, 0.1) is 32.3 Å². The fourth-order valence-corrected chi connectivity index (χ4v) is 12.0.